The van der Waals surface area contributed by atoms with Gasteiger partial charge in [-0.3, -0.25) is 0 Å². The molecule has 21 heavy (non-hydrogen) atoms. The van der Waals surface area contributed by atoms with E-state index >= 15 is 0 Å². The molecule has 0 aliphatic heterocycles. The van der Waals surface area contributed by atoms with Crippen molar-refractivity contribution in [2.24, 2.45) is 0 Å². The summed E-state index contributed by atoms with van der Waals surface area (Å²) in [6.07, 6.45) is 0.880. The Morgan fingerprint density at radius 1 is 1.19 bits per heavy atom. The molecule has 118 valence electrons. The molecule has 1 rings (SSSR count). The molecule has 1 aromatic rings. The molecule has 2 N–H and O–H groups in total. The maximum atomic E-state index is 11.4. The van der Waals surface area contributed by atoms with Crippen LogP contribution in [0, 0.1) is 0 Å². The number of hydrogen-bond acceptors (Lipinski definition) is 8. The van der Waals surface area contributed by atoms with Crippen LogP contribution in [0.1, 0.15) is 34.1 Å². The predicted molar refractivity (Wildman–Crippen MR) is 79.5 cm³/mol. The first kappa shape index (κ1) is 16.9. The van der Waals surface area contributed by atoms with Gasteiger partial charge in [0.15, 0.2) is 0 Å². The van der Waals surface area contributed by atoms with Crippen molar-refractivity contribution < 1.29 is 14.3 Å². The number of anilines is 2. The maximum Gasteiger partial charge on any atom is 0.328 e. The van der Waals surface area contributed by atoms with Crippen LogP contribution < -0.4 is 15.4 Å². The lowest BCUT2D eigenvalue weighted by molar-refractivity contribution is -0.141. The Bertz CT molecular complexity index is 467. The second kappa shape index (κ2) is 8.23. The summed E-state index contributed by atoms with van der Waals surface area (Å²) in [6, 6.07) is -0.360. The van der Waals surface area contributed by atoms with Gasteiger partial charge in [-0.05, 0) is 27.2 Å². The average Bonchev–Trinajstić information content (AvgIpc) is 2.43. The lowest BCUT2D eigenvalue weighted by atomic mass is 10.3. The van der Waals surface area contributed by atoms with Gasteiger partial charge in [-0.15, -0.1) is 0 Å². The van der Waals surface area contributed by atoms with E-state index in [0.29, 0.717) is 5.95 Å². The lowest BCUT2D eigenvalue weighted by Gasteiger charge is -2.14. The Kier molecular flexibility index (Phi) is 6.64. The van der Waals surface area contributed by atoms with E-state index in [0.717, 1.165) is 13.0 Å². The van der Waals surface area contributed by atoms with Gasteiger partial charge in [0, 0.05) is 6.54 Å². The van der Waals surface area contributed by atoms with E-state index in [2.05, 4.69) is 30.3 Å². The number of nitrogens with zero attached hydrogens (tertiary/aromatic N) is 3. The quantitative estimate of drug-likeness (QED) is 0.696. The molecule has 0 aromatic carbocycles. The highest BCUT2D eigenvalue weighted by Crippen LogP contribution is 2.13. The van der Waals surface area contributed by atoms with Crippen molar-refractivity contribution in [3.05, 3.63) is 0 Å². The van der Waals surface area contributed by atoms with Gasteiger partial charge in [-0.2, -0.15) is 15.0 Å². The van der Waals surface area contributed by atoms with Crippen LogP contribution in [0.4, 0.5) is 11.9 Å². The van der Waals surface area contributed by atoms with Crippen LogP contribution in [0.25, 0.3) is 0 Å². The second-order valence-electron chi connectivity index (χ2n) is 4.75. The predicted octanol–water partition coefficient (Wildman–Crippen LogP) is 1.45. The third-order valence-electron chi connectivity index (χ3n) is 2.39. The molecule has 0 radical (unpaired) electrons. The zero-order valence-corrected chi connectivity index (χ0v) is 13.1. The van der Waals surface area contributed by atoms with E-state index in [-0.39, 0.29) is 18.1 Å². The molecule has 0 spiro atoms. The number of rotatable bonds is 8. The molecular formula is C13H23N5O3. The van der Waals surface area contributed by atoms with Crippen LogP contribution in [-0.2, 0) is 9.53 Å². The van der Waals surface area contributed by atoms with Gasteiger partial charge >= 0.3 is 12.0 Å². The number of carbonyl (C=O) groups excluding carboxylic acids is 1. The lowest BCUT2D eigenvalue weighted by Crippen LogP contribution is -2.28. The fourth-order valence-corrected chi connectivity index (χ4v) is 1.43. The summed E-state index contributed by atoms with van der Waals surface area (Å²) in [6.45, 7) is 8.20. The van der Waals surface area contributed by atoms with Gasteiger partial charge in [0.1, 0.15) is 6.04 Å². The van der Waals surface area contributed by atoms with E-state index in [1.165, 1.54) is 7.11 Å². The highest BCUT2D eigenvalue weighted by molar-refractivity contribution is 5.77. The Morgan fingerprint density at radius 2 is 1.86 bits per heavy atom. The number of carbonyl (C=O) groups is 1. The topological polar surface area (TPSA) is 98.3 Å². The largest absolute Gasteiger partial charge is 0.467 e. The van der Waals surface area contributed by atoms with Gasteiger partial charge < -0.3 is 20.1 Å². The third kappa shape index (κ3) is 5.80. The van der Waals surface area contributed by atoms with Crippen LogP contribution in [0.3, 0.4) is 0 Å². The molecule has 0 saturated heterocycles. The summed E-state index contributed by atoms with van der Waals surface area (Å²) < 4.78 is 10.1. The maximum absolute atomic E-state index is 11.4. The molecule has 1 atom stereocenters. The molecule has 0 saturated carbocycles. The zero-order chi connectivity index (χ0) is 15.8. The fourth-order valence-electron chi connectivity index (χ4n) is 1.43. The van der Waals surface area contributed by atoms with Crippen molar-refractivity contribution in [1.82, 2.24) is 15.0 Å². The van der Waals surface area contributed by atoms with Crippen LogP contribution in [-0.4, -0.2) is 46.7 Å². The SMILES string of the molecule is CCCNc1nc(NC(C)C(=O)OC)nc(OC(C)C)n1. The van der Waals surface area contributed by atoms with E-state index < -0.39 is 12.0 Å². The number of ether oxygens (including phenoxy) is 2. The summed E-state index contributed by atoms with van der Waals surface area (Å²) >= 11 is 0. The number of aromatic nitrogens is 3. The standard InChI is InChI=1S/C13H23N5O3/c1-6-7-14-11-16-12(15-9(4)10(19)20-5)18-13(17-11)21-8(2)3/h8-9H,6-7H2,1-5H3,(H2,14,15,16,17,18). The average molecular weight is 297 g/mol. The Balaban J connectivity index is 2.92. The van der Waals surface area contributed by atoms with Gasteiger partial charge in [-0.25, -0.2) is 4.79 Å². The summed E-state index contributed by atoms with van der Waals surface area (Å²) in [5.74, 6) is 0.268. The molecule has 1 heterocycles. The van der Waals surface area contributed by atoms with Crippen molar-refractivity contribution >= 4 is 17.9 Å². The number of methoxy groups -OCH3 is 1. The second-order valence-corrected chi connectivity index (χ2v) is 4.75. The van der Waals surface area contributed by atoms with Gasteiger partial charge in [-0.1, -0.05) is 6.92 Å². The smallest absolute Gasteiger partial charge is 0.328 e. The molecule has 0 amide bonds. The van der Waals surface area contributed by atoms with Crippen LogP contribution in [0.15, 0.2) is 0 Å². The van der Waals surface area contributed by atoms with Gasteiger partial charge in [0.25, 0.3) is 0 Å². The normalized spacial score (nSPS) is 11.9. The van der Waals surface area contributed by atoms with E-state index in [9.17, 15) is 4.79 Å². The van der Waals surface area contributed by atoms with Crippen molar-refractivity contribution in [2.75, 3.05) is 24.3 Å². The van der Waals surface area contributed by atoms with Gasteiger partial charge in [0.05, 0.1) is 13.2 Å². The van der Waals surface area contributed by atoms with Gasteiger partial charge in [0.2, 0.25) is 11.9 Å². The summed E-state index contributed by atoms with van der Waals surface area (Å²) in [7, 11) is 1.33. The Hall–Kier alpha value is -2.12. The molecule has 0 fully saturated rings. The molecule has 1 aromatic heterocycles. The molecule has 1 unspecified atom stereocenters. The minimum Gasteiger partial charge on any atom is -0.467 e. The van der Waals surface area contributed by atoms with Crippen LogP contribution in [0.5, 0.6) is 6.01 Å². The molecule has 0 aliphatic carbocycles. The zero-order valence-electron chi connectivity index (χ0n) is 13.1. The highest BCUT2D eigenvalue weighted by Gasteiger charge is 2.16. The first-order valence-corrected chi connectivity index (χ1v) is 6.97. The first-order chi connectivity index (χ1) is 9.96. The van der Waals surface area contributed by atoms with Crippen LogP contribution >= 0.6 is 0 Å². The Labute approximate surface area is 124 Å². The van der Waals surface area contributed by atoms with E-state index in [4.69, 9.17) is 4.74 Å². The minimum atomic E-state index is -0.566. The minimum absolute atomic E-state index is 0.0581. The first-order valence-electron chi connectivity index (χ1n) is 6.97. The molecule has 8 heteroatoms. The molecule has 0 aliphatic rings. The molecule has 0 bridgehead atoms. The van der Waals surface area contributed by atoms with E-state index in [1.54, 1.807) is 6.92 Å². The number of nitrogens with one attached hydrogen (secondary N) is 2. The number of esters is 1. The summed E-state index contributed by atoms with van der Waals surface area (Å²) in [5.41, 5.74) is 0. The number of hydrogen-bond donors (Lipinski definition) is 2. The molecule has 8 nitrogen and oxygen atoms in total. The highest BCUT2D eigenvalue weighted by atomic mass is 16.5. The molecular weight excluding hydrogens is 274 g/mol. The Morgan fingerprint density at radius 3 is 2.43 bits per heavy atom. The monoisotopic (exact) mass is 297 g/mol. The summed E-state index contributed by atoms with van der Waals surface area (Å²) in [4.78, 5) is 23.9. The fraction of sp³-hybridized carbons (Fsp3) is 0.692. The van der Waals surface area contributed by atoms with Crippen LogP contribution in [0.2, 0.25) is 0 Å². The third-order valence-corrected chi connectivity index (χ3v) is 2.39. The van der Waals surface area contributed by atoms with E-state index in [1.807, 2.05) is 20.8 Å². The van der Waals surface area contributed by atoms with Crippen molar-refractivity contribution in [3.63, 3.8) is 0 Å². The summed E-state index contributed by atoms with van der Waals surface area (Å²) in [5, 5.41) is 5.93. The van der Waals surface area contributed by atoms with Crippen molar-refractivity contribution in [2.45, 2.75) is 46.3 Å². The van der Waals surface area contributed by atoms with Crippen molar-refractivity contribution in [1.29, 1.82) is 0 Å². The van der Waals surface area contributed by atoms with Crippen molar-refractivity contribution in [3.8, 4) is 6.01 Å².